The van der Waals surface area contributed by atoms with Gasteiger partial charge in [0.1, 0.15) is 5.75 Å². The van der Waals surface area contributed by atoms with Gasteiger partial charge in [-0.25, -0.2) is 8.42 Å². The monoisotopic (exact) mass is 383 g/mol. The number of hydrogen-bond donors (Lipinski definition) is 2. The van der Waals surface area contributed by atoms with Crippen LogP contribution in [-0.2, 0) is 14.8 Å². The second-order valence-corrected chi connectivity index (χ2v) is 8.59. The molecular formula is C18H29N3O4S. The first-order valence-corrected chi connectivity index (χ1v) is 10.5. The zero-order chi connectivity index (χ0) is 19.2. The zero-order valence-electron chi connectivity index (χ0n) is 15.7. The molecule has 1 saturated heterocycles. The highest BCUT2D eigenvalue weighted by molar-refractivity contribution is 7.89. The summed E-state index contributed by atoms with van der Waals surface area (Å²) >= 11 is 0. The molecular weight excluding hydrogens is 354 g/mol. The summed E-state index contributed by atoms with van der Waals surface area (Å²) in [5, 5.41) is 2.84. The van der Waals surface area contributed by atoms with Crippen molar-refractivity contribution < 1.29 is 17.9 Å². The van der Waals surface area contributed by atoms with Gasteiger partial charge in [-0.2, -0.15) is 4.72 Å². The molecule has 8 heteroatoms. The molecule has 2 N–H and O–H groups in total. The van der Waals surface area contributed by atoms with E-state index in [1.165, 1.54) is 32.1 Å². The molecule has 1 aromatic carbocycles. The highest BCUT2D eigenvalue weighted by Gasteiger charge is 2.22. The number of amides is 1. The minimum atomic E-state index is -3.76. The minimum absolute atomic E-state index is 0.0975. The normalized spacial score (nSPS) is 17.7. The molecule has 1 aromatic rings. The maximum Gasteiger partial charge on any atom is 0.241 e. The molecule has 7 nitrogen and oxygen atoms in total. The Morgan fingerprint density at radius 2 is 1.81 bits per heavy atom. The van der Waals surface area contributed by atoms with E-state index in [2.05, 4.69) is 21.9 Å². The van der Waals surface area contributed by atoms with E-state index in [4.69, 9.17) is 4.74 Å². The maximum absolute atomic E-state index is 12.4. The Morgan fingerprint density at radius 1 is 1.19 bits per heavy atom. The molecule has 1 fully saturated rings. The summed E-state index contributed by atoms with van der Waals surface area (Å²) in [5.41, 5.74) is 0. The molecule has 2 rings (SSSR count). The van der Waals surface area contributed by atoms with E-state index in [0.717, 1.165) is 19.6 Å². The molecule has 26 heavy (non-hydrogen) atoms. The van der Waals surface area contributed by atoms with Crippen molar-refractivity contribution in [1.29, 1.82) is 0 Å². The zero-order valence-corrected chi connectivity index (χ0v) is 16.5. The van der Waals surface area contributed by atoms with Crippen molar-refractivity contribution in [1.82, 2.24) is 14.9 Å². The van der Waals surface area contributed by atoms with Crippen LogP contribution in [0.1, 0.15) is 26.7 Å². The van der Waals surface area contributed by atoms with E-state index in [9.17, 15) is 13.2 Å². The van der Waals surface area contributed by atoms with Crippen molar-refractivity contribution in [2.45, 2.75) is 37.6 Å². The topological polar surface area (TPSA) is 87.7 Å². The van der Waals surface area contributed by atoms with Gasteiger partial charge in [-0.3, -0.25) is 4.79 Å². The minimum Gasteiger partial charge on any atom is -0.497 e. The van der Waals surface area contributed by atoms with Gasteiger partial charge in [-0.15, -0.1) is 0 Å². The summed E-state index contributed by atoms with van der Waals surface area (Å²) in [6, 6.07) is 5.19. The Hall–Kier alpha value is -1.64. The molecule has 2 atom stereocenters. The number of benzene rings is 1. The van der Waals surface area contributed by atoms with E-state index in [-0.39, 0.29) is 10.8 Å². The average Bonchev–Trinajstić information content (AvgIpc) is 3.12. The van der Waals surface area contributed by atoms with Crippen molar-refractivity contribution in [2.75, 3.05) is 33.3 Å². The quantitative estimate of drug-likeness (QED) is 0.669. The van der Waals surface area contributed by atoms with Crippen molar-refractivity contribution >= 4 is 15.9 Å². The second-order valence-electron chi connectivity index (χ2n) is 6.88. The van der Waals surface area contributed by atoms with Gasteiger partial charge >= 0.3 is 0 Å². The third kappa shape index (κ3) is 5.96. The summed E-state index contributed by atoms with van der Waals surface area (Å²) in [6.07, 6.45) is 2.48. The number of hydrogen-bond acceptors (Lipinski definition) is 5. The lowest BCUT2D eigenvalue weighted by Gasteiger charge is -2.21. The SMILES string of the molecule is COc1ccc(S(=O)(=O)N[C@@H](C)C(=O)NCC(C)CN2CCCC2)cc1. The van der Waals surface area contributed by atoms with E-state index < -0.39 is 16.1 Å². The Bertz CT molecular complexity index is 685. The van der Waals surface area contributed by atoms with Gasteiger partial charge in [0.15, 0.2) is 0 Å². The van der Waals surface area contributed by atoms with Crippen molar-refractivity contribution in [2.24, 2.45) is 5.92 Å². The molecule has 1 aliphatic heterocycles. The first-order valence-electron chi connectivity index (χ1n) is 8.98. The maximum atomic E-state index is 12.4. The van der Waals surface area contributed by atoms with E-state index in [1.54, 1.807) is 19.1 Å². The third-order valence-corrected chi connectivity index (χ3v) is 6.04. The molecule has 1 amide bonds. The Morgan fingerprint density at radius 3 is 2.38 bits per heavy atom. The van der Waals surface area contributed by atoms with Crippen LogP contribution in [0.4, 0.5) is 0 Å². The summed E-state index contributed by atoms with van der Waals surface area (Å²) in [5.74, 6) is 0.569. The van der Waals surface area contributed by atoms with Crippen LogP contribution >= 0.6 is 0 Å². The fraction of sp³-hybridized carbons (Fsp3) is 0.611. The molecule has 1 heterocycles. The van der Waals surface area contributed by atoms with Gasteiger partial charge in [-0.05, 0) is 63.0 Å². The summed E-state index contributed by atoms with van der Waals surface area (Å²) in [4.78, 5) is 14.7. The summed E-state index contributed by atoms with van der Waals surface area (Å²) in [7, 11) is -2.25. The number of sulfonamides is 1. The van der Waals surface area contributed by atoms with Crippen molar-refractivity contribution in [3.63, 3.8) is 0 Å². The van der Waals surface area contributed by atoms with Crippen LogP contribution in [-0.4, -0.2) is 58.6 Å². The van der Waals surface area contributed by atoms with Gasteiger partial charge in [-0.1, -0.05) is 6.92 Å². The van der Waals surface area contributed by atoms with Gasteiger partial charge in [0, 0.05) is 13.1 Å². The molecule has 0 bridgehead atoms. The van der Waals surface area contributed by atoms with Gasteiger partial charge in [0.2, 0.25) is 15.9 Å². The largest absolute Gasteiger partial charge is 0.497 e. The van der Waals surface area contributed by atoms with Crippen LogP contribution in [0.5, 0.6) is 5.75 Å². The summed E-state index contributed by atoms with van der Waals surface area (Å²) in [6.45, 7) is 7.36. The number of likely N-dealkylation sites (tertiary alicyclic amines) is 1. The lowest BCUT2D eigenvalue weighted by Crippen LogP contribution is -2.46. The van der Waals surface area contributed by atoms with Crippen molar-refractivity contribution in [3.05, 3.63) is 24.3 Å². The van der Waals surface area contributed by atoms with Gasteiger partial charge < -0.3 is 15.0 Å². The standard InChI is InChI=1S/C18H29N3O4S/c1-14(13-21-10-4-5-11-21)12-19-18(22)15(2)20-26(23,24)17-8-6-16(25-3)7-9-17/h6-9,14-15,20H,4-5,10-13H2,1-3H3,(H,19,22)/t14?,15-/m0/s1. The third-order valence-electron chi connectivity index (χ3n) is 4.49. The Labute approximate surface area is 156 Å². The predicted molar refractivity (Wildman–Crippen MR) is 101 cm³/mol. The van der Waals surface area contributed by atoms with Crippen LogP contribution in [0.15, 0.2) is 29.2 Å². The number of nitrogens with one attached hydrogen (secondary N) is 2. The van der Waals surface area contributed by atoms with Gasteiger partial charge in [0.05, 0.1) is 18.0 Å². The number of methoxy groups -OCH3 is 1. The fourth-order valence-corrected chi connectivity index (χ4v) is 4.21. The first kappa shape index (κ1) is 20.7. The lowest BCUT2D eigenvalue weighted by molar-refractivity contribution is -0.122. The molecule has 1 unspecified atom stereocenters. The molecule has 0 aliphatic carbocycles. The highest BCUT2D eigenvalue weighted by atomic mass is 32.2. The van der Waals surface area contributed by atoms with Crippen LogP contribution < -0.4 is 14.8 Å². The number of carbonyl (C=O) groups excluding carboxylic acids is 1. The van der Waals surface area contributed by atoms with E-state index in [0.29, 0.717) is 18.2 Å². The highest BCUT2D eigenvalue weighted by Crippen LogP contribution is 2.15. The predicted octanol–water partition coefficient (Wildman–Crippen LogP) is 1.21. The second kappa shape index (κ2) is 9.34. The molecule has 1 aliphatic rings. The number of carbonyl (C=O) groups is 1. The summed E-state index contributed by atoms with van der Waals surface area (Å²) < 4.78 is 32.2. The fourth-order valence-electron chi connectivity index (χ4n) is 3.01. The number of nitrogens with zero attached hydrogens (tertiary/aromatic N) is 1. The molecule has 0 spiro atoms. The van der Waals surface area contributed by atoms with Crippen LogP contribution in [0, 0.1) is 5.92 Å². The van der Waals surface area contributed by atoms with Crippen LogP contribution in [0.25, 0.3) is 0 Å². The molecule has 0 saturated carbocycles. The van der Waals surface area contributed by atoms with Gasteiger partial charge in [0.25, 0.3) is 0 Å². The van der Waals surface area contributed by atoms with Crippen LogP contribution in [0.3, 0.4) is 0 Å². The molecule has 0 aromatic heterocycles. The Balaban J connectivity index is 1.82. The molecule has 146 valence electrons. The first-order chi connectivity index (χ1) is 12.3. The number of ether oxygens (including phenoxy) is 1. The smallest absolute Gasteiger partial charge is 0.241 e. The average molecular weight is 384 g/mol. The Kier molecular flexibility index (Phi) is 7.43. The van der Waals surface area contributed by atoms with E-state index >= 15 is 0 Å². The van der Waals surface area contributed by atoms with E-state index in [1.807, 2.05) is 0 Å². The van der Waals surface area contributed by atoms with Crippen LogP contribution in [0.2, 0.25) is 0 Å². The number of rotatable bonds is 9. The van der Waals surface area contributed by atoms with Crippen molar-refractivity contribution in [3.8, 4) is 5.75 Å². The molecule has 0 radical (unpaired) electrons. The lowest BCUT2D eigenvalue weighted by atomic mass is 10.1.